The Morgan fingerprint density at radius 2 is 1.71 bits per heavy atom. The van der Waals surface area contributed by atoms with E-state index in [1.807, 2.05) is 0 Å². The van der Waals surface area contributed by atoms with Gasteiger partial charge in [-0.1, -0.05) is 45.0 Å². The van der Waals surface area contributed by atoms with Crippen LogP contribution < -0.4 is 9.47 Å². The fraction of sp³-hybridized carbons (Fsp3) is 0.474. The highest BCUT2D eigenvalue weighted by Crippen LogP contribution is 2.27. The highest BCUT2D eigenvalue weighted by atomic mass is 16.5. The van der Waals surface area contributed by atoms with E-state index in [1.165, 1.54) is 17.5 Å². The molecule has 1 aromatic carbocycles. The molecule has 0 aliphatic rings. The van der Waals surface area contributed by atoms with Crippen molar-refractivity contribution in [3.63, 3.8) is 0 Å². The van der Waals surface area contributed by atoms with Gasteiger partial charge in [0.25, 0.3) is 5.88 Å². The van der Waals surface area contributed by atoms with Gasteiger partial charge in [0.15, 0.2) is 0 Å². The van der Waals surface area contributed by atoms with Crippen LogP contribution in [0.1, 0.15) is 37.6 Å². The molecule has 0 fully saturated rings. The lowest BCUT2D eigenvalue weighted by atomic mass is 9.86. The van der Waals surface area contributed by atoms with Crippen LogP contribution in [0.15, 0.2) is 30.6 Å². The summed E-state index contributed by atoms with van der Waals surface area (Å²) in [6.45, 7) is 7.52. The normalized spacial score (nSPS) is 11.4. The fourth-order valence-corrected chi connectivity index (χ4v) is 2.38. The van der Waals surface area contributed by atoms with Gasteiger partial charge in [-0.15, -0.1) is 0 Å². The van der Waals surface area contributed by atoms with Crippen LogP contribution in [-0.2, 0) is 23.2 Å². The SMILES string of the molecule is COCc1ncnc(OCCc2ccc(C(C)(C)C)cc2)c1OC. The van der Waals surface area contributed by atoms with Gasteiger partial charge in [0.2, 0.25) is 5.75 Å². The average molecular weight is 330 g/mol. The maximum absolute atomic E-state index is 5.78. The van der Waals surface area contributed by atoms with Gasteiger partial charge in [0, 0.05) is 13.5 Å². The van der Waals surface area contributed by atoms with Gasteiger partial charge in [-0.2, -0.15) is 4.98 Å². The van der Waals surface area contributed by atoms with E-state index in [-0.39, 0.29) is 5.41 Å². The molecule has 1 heterocycles. The largest absolute Gasteiger partial charge is 0.490 e. The number of nitrogens with zero attached hydrogens (tertiary/aromatic N) is 2. The number of methoxy groups -OCH3 is 2. The van der Waals surface area contributed by atoms with E-state index in [4.69, 9.17) is 14.2 Å². The molecule has 0 amide bonds. The first kappa shape index (κ1) is 18.2. The minimum absolute atomic E-state index is 0.168. The van der Waals surface area contributed by atoms with Crippen molar-refractivity contribution in [2.24, 2.45) is 0 Å². The van der Waals surface area contributed by atoms with Crippen LogP contribution in [0.4, 0.5) is 0 Å². The predicted octanol–water partition coefficient (Wildman–Crippen LogP) is 3.55. The van der Waals surface area contributed by atoms with Crippen molar-refractivity contribution in [2.45, 2.75) is 39.2 Å². The Morgan fingerprint density at radius 1 is 1.00 bits per heavy atom. The minimum atomic E-state index is 0.168. The molecule has 0 atom stereocenters. The molecular weight excluding hydrogens is 304 g/mol. The fourth-order valence-electron chi connectivity index (χ4n) is 2.38. The van der Waals surface area contributed by atoms with Gasteiger partial charge in [0.05, 0.1) is 20.3 Å². The maximum atomic E-state index is 5.78. The van der Waals surface area contributed by atoms with Crippen molar-refractivity contribution in [2.75, 3.05) is 20.8 Å². The van der Waals surface area contributed by atoms with Crippen LogP contribution in [-0.4, -0.2) is 30.8 Å². The summed E-state index contributed by atoms with van der Waals surface area (Å²) in [6.07, 6.45) is 2.27. The van der Waals surface area contributed by atoms with E-state index in [0.29, 0.717) is 30.5 Å². The summed E-state index contributed by atoms with van der Waals surface area (Å²) in [6, 6.07) is 8.66. The molecule has 2 aromatic rings. The van der Waals surface area contributed by atoms with Gasteiger partial charge in [-0.3, -0.25) is 0 Å². The van der Waals surface area contributed by atoms with Crippen LogP contribution in [0.2, 0.25) is 0 Å². The second-order valence-electron chi connectivity index (χ2n) is 6.64. The smallest absolute Gasteiger partial charge is 0.260 e. The first-order chi connectivity index (χ1) is 11.5. The molecule has 0 N–H and O–H groups in total. The molecule has 1 aromatic heterocycles. The Balaban J connectivity index is 1.98. The third-order valence-electron chi connectivity index (χ3n) is 3.78. The van der Waals surface area contributed by atoms with Gasteiger partial charge < -0.3 is 14.2 Å². The number of ether oxygens (including phenoxy) is 3. The third kappa shape index (κ3) is 4.68. The van der Waals surface area contributed by atoms with Crippen LogP contribution in [0, 0.1) is 0 Å². The summed E-state index contributed by atoms with van der Waals surface area (Å²) < 4.78 is 16.3. The highest BCUT2D eigenvalue weighted by molar-refractivity contribution is 5.37. The molecular formula is C19H26N2O3. The van der Waals surface area contributed by atoms with E-state index in [9.17, 15) is 0 Å². The molecule has 0 aliphatic heterocycles. The molecule has 24 heavy (non-hydrogen) atoms. The van der Waals surface area contributed by atoms with Crippen LogP contribution in [0.5, 0.6) is 11.6 Å². The minimum Gasteiger partial charge on any atom is -0.490 e. The molecule has 0 bridgehead atoms. The maximum Gasteiger partial charge on any atom is 0.260 e. The number of hydrogen-bond donors (Lipinski definition) is 0. The number of rotatable bonds is 7. The van der Waals surface area contributed by atoms with Crippen LogP contribution in [0.25, 0.3) is 0 Å². The second kappa shape index (κ2) is 8.11. The zero-order valence-electron chi connectivity index (χ0n) is 15.1. The molecule has 5 heteroatoms. The van der Waals surface area contributed by atoms with E-state index >= 15 is 0 Å². The highest BCUT2D eigenvalue weighted by Gasteiger charge is 2.14. The summed E-state index contributed by atoms with van der Waals surface area (Å²) in [4.78, 5) is 8.31. The Morgan fingerprint density at radius 3 is 2.29 bits per heavy atom. The van der Waals surface area contributed by atoms with Gasteiger partial charge >= 0.3 is 0 Å². The van der Waals surface area contributed by atoms with E-state index in [1.54, 1.807) is 14.2 Å². The summed E-state index contributed by atoms with van der Waals surface area (Å²) in [5, 5.41) is 0. The number of aromatic nitrogens is 2. The van der Waals surface area contributed by atoms with E-state index in [2.05, 4.69) is 55.0 Å². The zero-order valence-corrected chi connectivity index (χ0v) is 15.1. The molecule has 0 radical (unpaired) electrons. The molecule has 0 spiro atoms. The summed E-state index contributed by atoms with van der Waals surface area (Å²) in [5.41, 5.74) is 3.41. The van der Waals surface area contributed by atoms with Crippen molar-refractivity contribution >= 4 is 0 Å². The van der Waals surface area contributed by atoms with Crippen molar-refractivity contribution < 1.29 is 14.2 Å². The Labute approximate surface area is 144 Å². The molecule has 2 rings (SSSR count). The zero-order chi connectivity index (χ0) is 17.6. The molecule has 0 saturated heterocycles. The lowest BCUT2D eigenvalue weighted by Crippen LogP contribution is -2.11. The number of hydrogen-bond acceptors (Lipinski definition) is 5. The van der Waals surface area contributed by atoms with Gasteiger partial charge in [0.1, 0.15) is 12.0 Å². The summed E-state index contributed by atoms with van der Waals surface area (Å²) >= 11 is 0. The lowest BCUT2D eigenvalue weighted by Gasteiger charge is -2.19. The van der Waals surface area contributed by atoms with Crippen molar-refractivity contribution in [1.29, 1.82) is 0 Å². The third-order valence-corrected chi connectivity index (χ3v) is 3.78. The summed E-state index contributed by atoms with van der Waals surface area (Å²) in [5.74, 6) is 0.980. The van der Waals surface area contributed by atoms with Gasteiger partial charge in [-0.25, -0.2) is 4.98 Å². The van der Waals surface area contributed by atoms with E-state index in [0.717, 1.165) is 6.42 Å². The molecule has 0 aliphatic carbocycles. The molecule has 130 valence electrons. The van der Waals surface area contributed by atoms with E-state index < -0.39 is 0 Å². The Hall–Kier alpha value is -2.14. The first-order valence-corrected chi connectivity index (χ1v) is 8.04. The standard InChI is InChI=1S/C19H26N2O3/c1-19(2,3)15-8-6-14(7-9-15)10-11-24-18-17(23-5)16(12-22-4)20-13-21-18/h6-9,13H,10-12H2,1-5H3. The monoisotopic (exact) mass is 330 g/mol. The Kier molecular flexibility index (Phi) is 6.15. The van der Waals surface area contributed by atoms with Crippen molar-refractivity contribution in [1.82, 2.24) is 9.97 Å². The Bertz CT molecular complexity index is 649. The van der Waals surface area contributed by atoms with Gasteiger partial charge in [-0.05, 0) is 16.5 Å². The quantitative estimate of drug-likeness (QED) is 0.777. The summed E-state index contributed by atoms with van der Waals surface area (Å²) in [7, 11) is 3.19. The molecule has 0 saturated carbocycles. The molecule has 0 unspecified atom stereocenters. The molecule has 5 nitrogen and oxygen atoms in total. The predicted molar refractivity (Wildman–Crippen MR) is 93.6 cm³/mol. The topological polar surface area (TPSA) is 53.5 Å². The average Bonchev–Trinajstić information content (AvgIpc) is 2.55. The number of benzene rings is 1. The second-order valence-corrected chi connectivity index (χ2v) is 6.64. The van der Waals surface area contributed by atoms with Crippen molar-refractivity contribution in [3.05, 3.63) is 47.4 Å². The lowest BCUT2D eigenvalue weighted by molar-refractivity contribution is 0.175. The van der Waals surface area contributed by atoms with Crippen molar-refractivity contribution in [3.8, 4) is 11.6 Å². The van der Waals surface area contributed by atoms with Crippen LogP contribution in [0.3, 0.4) is 0 Å². The van der Waals surface area contributed by atoms with Crippen LogP contribution >= 0.6 is 0 Å². The first-order valence-electron chi connectivity index (χ1n) is 8.04.